The molecule has 1 heterocycles. The van der Waals surface area contributed by atoms with Crippen LogP contribution in [-0.4, -0.2) is 76.0 Å². The molecule has 0 unspecified atom stereocenters. The van der Waals surface area contributed by atoms with E-state index in [1.165, 1.54) is 17.1 Å². The first kappa shape index (κ1) is 31.5. The van der Waals surface area contributed by atoms with Gasteiger partial charge in [0.05, 0.1) is 0 Å². The lowest BCUT2D eigenvalue weighted by Crippen LogP contribution is -2.50. The average Bonchev–Trinajstić information content (AvgIpc) is 3.08. The van der Waals surface area contributed by atoms with Crippen LogP contribution in [0.25, 0.3) is 0 Å². The molecule has 14 nitrogen and oxygen atoms in total. The van der Waals surface area contributed by atoms with Crippen LogP contribution in [0.5, 0.6) is 0 Å². The van der Waals surface area contributed by atoms with Crippen LogP contribution in [0.1, 0.15) is 52.4 Å². The number of imide groups is 1. The van der Waals surface area contributed by atoms with Crippen LogP contribution in [0.15, 0.2) is 12.2 Å². The van der Waals surface area contributed by atoms with Crippen LogP contribution >= 0.6 is 0 Å². The van der Waals surface area contributed by atoms with Gasteiger partial charge in [0.1, 0.15) is 12.1 Å². The fourth-order valence-electron chi connectivity index (χ4n) is 2.78. The van der Waals surface area contributed by atoms with Gasteiger partial charge in [-0.25, -0.2) is 10.2 Å². The molecule has 0 radical (unpaired) electrons. The summed E-state index contributed by atoms with van der Waals surface area (Å²) in [4.78, 5) is 66.7. The van der Waals surface area contributed by atoms with Gasteiger partial charge in [-0.15, -0.1) is 0 Å². The highest BCUT2D eigenvalue weighted by molar-refractivity contribution is 6.12. The van der Waals surface area contributed by atoms with Crippen molar-refractivity contribution >= 4 is 35.7 Å². The van der Waals surface area contributed by atoms with E-state index in [4.69, 9.17) is 21.7 Å². The SMILES string of the molecule is CC(C)[C@H](NNC(=O)CCCCCN1C(=O)C=CC1=O)C(=O)O.NC(=O)NCCC[C@H](N)C(=O)O. The zero-order valence-electron chi connectivity index (χ0n) is 20.0. The van der Waals surface area contributed by atoms with E-state index in [0.717, 1.165) is 0 Å². The quantitative estimate of drug-likeness (QED) is 0.0826. The second-order valence-corrected chi connectivity index (χ2v) is 8.10. The van der Waals surface area contributed by atoms with Gasteiger partial charge >= 0.3 is 18.0 Å². The first-order valence-corrected chi connectivity index (χ1v) is 11.2. The van der Waals surface area contributed by atoms with Crippen LogP contribution in [0, 0.1) is 5.92 Å². The maximum atomic E-state index is 11.6. The predicted octanol–water partition coefficient (Wildman–Crippen LogP) is -0.951. The maximum Gasteiger partial charge on any atom is 0.322 e. The number of carbonyl (C=O) groups excluding carboxylic acids is 4. The summed E-state index contributed by atoms with van der Waals surface area (Å²) < 4.78 is 0. The molecule has 0 spiro atoms. The van der Waals surface area contributed by atoms with Gasteiger partial charge in [0.25, 0.3) is 11.8 Å². The third-order valence-corrected chi connectivity index (χ3v) is 4.79. The Bertz CT molecular complexity index is 768. The largest absolute Gasteiger partial charge is 0.480 e. The van der Waals surface area contributed by atoms with Crippen LogP contribution in [0.3, 0.4) is 0 Å². The number of carboxylic acids is 2. The average molecular weight is 501 g/mol. The molecule has 9 N–H and O–H groups in total. The molecule has 5 amide bonds. The van der Waals surface area contributed by atoms with E-state index in [9.17, 15) is 28.8 Å². The lowest BCUT2D eigenvalue weighted by molar-refractivity contribution is -0.142. The van der Waals surface area contributed by atoms with Gasteiger partial charge in [-0.1, -0.05) is 20.3 Å². The monoisotopic (exact) mass is 500 g/mol. The molecule has 35 heavy (non-hydrogen) atoms. The summed E-state index contributed by atoms with van der Waals surface area (Å²) in [6, 6.07) is -2.31. The molecule has 198 valence electrons. The number of nitrogens with one attached hydrogen (secondary N) is 3. The molecule has 0 saturated heterocycles. The number of amides is 5. The topological polar surface area (TPSA) is 234 Å². The molecule has 1 aliphatic rings. The van der Waals surface area contributed by atoms with Gasteiger partial charge in [0.2, 0.25) is 5.91 Å². The molecular weight excluding hydrogens is 464 g/mol. The Kier molecular flexibility index (Phi) is 15.3. The van der Waals surface area contributed by atoms with Crippen molar-refractivity contribution in [3.63, 3.8) is 0 Å². The number of carbonyl (C=O) groups is 6. The highest BCUT2D eigenvalue weighted by Crippen LogP contribution is 2.07. The number of aliphatic carboxylic acids is 2. The highest BCUT2D eigenvalue weighted by Gasteiger charge is 2.23. The molecule has 0 aliphatic carbocycles. The summed E-state index contributed by atoms with van der Waals surface area (Å²) in [6.45, 7) is 4.19. The molecule has 0 fully saturated rings. The van der Waals surface area contributed by atoms with Crippen molar-refractivity contribution in [3.05, 3.63) is 12.2 Å². The van der Waals surface area contributed by atoms with Gasteiger partial charge in [0, 0.05) is 31.7 Å². The van der Waals surface area contributed by atoms with Crippen molar-refractivity contribution < 1.29 is 39.0 Å². The van der Waals surface area contributed by atoms with Gasteiger partial charge in [-0.3, -0.25) is 34.3 Å². The smallest absolute Gasteiger partial charge is 0.322 e. The number of hydrogen-bond acceptors (Lipinski definition) is 8. The van der Waals surface area contributed by atoms with Crippen LogP contribution in [-0.2, 0) is 24.0 Å². The van der Waals surface area contributed by atoms with Crippen LogP contribution in [0.4, 0.5) is 4.79 Å². The number of hydrazine groups is 1. The van der Waals surface area contributed by atoms with E-state index >= 15 is 0 Å². The molecule has 1 rings (SSSR count). The van der Waals surface area contributed by atoms with E-state index in [-0.39, 0.29) is 30.1 Å². The Hall–Kier alpha value is -3.52. The van der Waals surface area contributed by atoms with E-state index < -0.39 is 30.1 Å². The molecule has 14 heteroatoms. The minimum Gasteiger partial charge on any atom is -0.480 e. The Morgan fingerprint density at radius 2 is 1.57 bits per heavy atom. The number of primary amides is 1. The van der Waals surface area contributed by atoms with Gasteiger partial charge in [-0.2, -0.15) is 0 Å². The summed E-state index contributed by atoms with van der Waals surface area (Å²) in [6.07, 6.45) is 5.49. The number of unbranched alkanes of at least 4 members (excludes halogenated alkanes) is 2. The van der Waals surface area contributed by atoms with Crippen molar-refractivity contribution in [1.29, 1.82) is 0 Å². The first-order valence-electron chi connectivity index (χ1n) is 11.2. The Morgan fingerprint density at radius 1 is 0.971 bits per heavy atom. The lowest BCUT2D eigenvalue weighted by Gasteiger charge is -2.18. The number of nitrogens with zero attached hydrogens (tertiary/aromatic N) is 1. The van der Waals surface area contributed by atoms with Crippen molar-refractivity contribution in [2.24, 2.45) is 17.4 Å². The van der Waals surface area contributed by atoms with Gasteiger partial charge in [0.15, 0.2) is 0 Å². The van der Waals surface area contributed by atoms with Crippen LogP contribution in [0.2, 0.25) is 0 Å². The molecule has 0 aromatic rings. The third kappa shape index (κ3) is 14.4. The number of nitrogens with two attached hydrogens (primary N) is 2. The zero-order chi connectivity index (χ0) is 27.0. The van der Waals surface area contributed by atoms with Crippen LogP contribution < -0.4 is 27.6 Å². The van der Waals surface area contributed by atoms with E-state index in [0.29, 0.717) is 45.2 Å². The molecule has 0 aromatic carbocycles. The Labute approximate surface area is 203 Å². The lowest BCUT2D eigenvalue weighted by atomic mass is 10.1. The van der Waals surface area contributed by atoms with Crippen molar-refractivity contribution in [1.82, 2.24) is 21.1 Å². The number of urea groups is 1. The molecule has 0 bridgehead atoms. The minimum absolute atomic E-state index is 0.156. The standard InChI is InChI=1S/C15H23N3O5.C6H13N3O3/c1-10(2)14(15(22)23)17-16-11(19)6-4-3-5-9-18-12(20)7-8-13(18)21;7-4(5(10)11)2-1-3-9-6(8)12/h7-8,10,14,17H,3-6,9H2,1-2H3,(H,16,19)(H,22,23);4H,1-3,7H2,(H,10,11)(H3,8,9,12)/t14-;4-/m00/s1. The normalized spacial score (nSPS) is 14.2. The number of hydrogen-bond donors (Lipinski definition) is 7. The van der Waals surface area contributed by atoms with E-state index in [2.05, 4.69) is 16.2 Å². The second kappa shape index (κ2) is 17.0. The summed E-state index contributed by atoms with van der Waals surface area (Å²) in [5.74, 6) is -3.09. The summed E-state index contributed by atoms with van der Waals surface area (Å²) in [7, 11) is 0. The molecule has 1 aliphatic heterocycles. The van der Waals surface area contributed by atoms with Crippen molar-refractivity contribution in [2.75, 3.05) is 13.1 Å². The summed E-state index contributed by atoms with van der Waals surface area (Å²) in [5, 5.41) is 19.7. The predicted molar refractivity (Wildman–Crippen MR) is 124 cm³/mol. The molecular formula is C21H36N6O8. The minimum atomic E-state index is -1.03. The Balaban J connectivity index is 0.000000814. The zero-order valence-corrected chi connectivity index (χ0v) is 20.0. The fraction of sp³-hybridized carbons (Fsp3) is 0.619. The van der Waals surface area contributed by atoms with E-state index in [1.807, 2.05) is 0 Å². The van der Waals surface area contributed by atoms with Gasteiger partial charge < -0.3 is 27.0 Å². The van der Waals surface area contributed by atoms with Gasteiger partial charge in [-0.05, 0) is 31.6 Å². The second-order valence-electron chi connectivity index (χ2n) is 8.10. The third-order valence-electron chi connectivity index (χ3n) is 4.79. The number of carboxylic acid groups (broad SMARTS) is 2. The highest BCUT2D eigenvalue weighted by atomic mass is 16.4. The maximum absolute atomic E-state index is 11.6. The molecule has 2 atom stereocenters. The summed E-state index contributed by atoms with van der Waals surface area (Å²) >= 11 is 0. The van der Waals surface area contributed by atoms with E-state index in [1.54, 1.807) is 13.8 Å². The fourth-order valence-corrected chi connectivity index (χ4v) is 2.78. The Morgan fingerprint density at radius 3 is 2.06 bits per heavy atom. The summed E-state index contributed by atoms with van der Waals surface area (Å²) in [5.41, 5.74) is 14.9. The molecule has 0 saturated carbocycles. The van der Waals surface area contributed by atoms with Crippen molar-refractivity contribution in [3.8, 4) is 0 Å². The number of rotatable bonds is 15. The first-order chi connectivity index (χ1) is 16.4. The molecule has 0 aromatic heterocycles. The van der Waals surface area contributed by atoms with Crippen molar-refractivity contribution in [2.45, 2.75) is 64.5 Å².